The molecule has 2 rings (SSSR count). The molecule has 0 aromatic heterocycles. The van der Waals surface area contributed by atoms with Crippen LogP contribution in [0.5, 0.6) is 5.75 Å². The number of benzene rings is 2. The fourth-order valence-corrected chi connectivity index (χ4v) is 2.83. The van der Waals surface area contributed by atoms with Crippen LogP contribution in [0.2, 0.25) is 0 Å². The number of para-hydroxylation sites is 1. The Hall–Kier alpha value is -1.80. The van der Waals surface area contributed by atoms with Gasteiger partial charge in [-0.1, -0.05) is 62.4 Å². The van der Waals surface area contributed by atoms with Crippen molar-refractivity contribution in [2.45, 2.75) is 39.2 Å². The Balaban J connectivity index is 1.75. The summed E-state index contributed by atoms with van der Waals surface area (Å²) in [7, 11) is 2.25. The van der Waals surface area contributed by atoms with Gasteiger partial charge in [0.1, 0.15) is 12.3 Å². The van der Waals surface area contributed by atoms with E-state index in [0.29, 0.717) is 5.92 Å². The minimum atomic E-state index is 0.553. The zero-order valence-corrected chi connectivity index (χ0v) is 14.7. The van der Waals surface area contributed by atoms with Crippen LogP contribution in [-0.2, 0) is 6.54 Å². The number of rotatable bonds is 9. The molecule has 2 atom stereocenters. The maximum Gasteiger partial charge on any atom is 0.122 e. The molecule has 0 aliphatic heterocycles. The van der Waals surface area contributed by atoms with Crippen molar-refractivity contribution in [3.05, 3.63) is 65.7 Å². The average molecular weight is 312 g/mol. The van der Waals surface area contributed by atoms with Gasteiger partial charge in [-0.15, -0.1) is 0 Å². The first-order valence-corrected chi connectivity index (χ1v) is 8.77. The maximum atomic E-state index is 6.05. The average Bonchev–Trinajstić information content (AvgIpc) is 2.59. The molecule has 0 radical (unpaired) electrons. The highest BCUT2D eigenvalue weighted by molar-refractivity contribution is 5.35. The summed E-state index contributed by atoms with van der Waals surface area (Å²) < 4.78 is 6.05. The lowest BCUT2D eigenvalue weighted by Gasteiger charge is -2.17. The van der Waals surface area contributed by atoms with Crippen LogP contribution in [0.15, 0.2) is 54.6 Å². The largest absolute Gasteiger partial charge is 0.493 e. The summed E-state index contributed by atoms with van der Waals surface area (Å²) >= 11 is 0. The zero-order valence-electron chi connectivity index (χ0n) is 14.7. The smallest absolute Gasteiger partial charge is 0.122 e. The van der Waals surface area contributed by atoms with Crippen LogP contribution < -0.4 is 9.64 Å². The van der Waals surface area contributed by atoms with E-state index in [-0.39, 0.29) is 0 Å². The summed E-state index contributed by atoms with van der Waals surface area (Å²) in [5.74, 6) is 1.61. The normalized spacial score (nSPS) is 13.5. The molecule has 124 valence electrons. The van der Waals surface area contributed by atoms with Gasteiger partial charge < -0.3 is 9.64 Å². The topological polar surface area (TPSA) is 13.7 Å². The van der Waals surface area contributed by atoms with Gasteiger partial charge in [-0.25, -0.2) is 0 Å². The Morgan fingerprint density at radius 2 is 1.70 bits per heavy atom. The van der Waals surface area contributed by atoms with Crippen molar-refractivity contribution in [1.82, 2.24) is 0 Å². The van der Waals surface area contributed by atoms with Gasteiger partial charge in [-0.3, -0.25) is 0 Å². The third-order valence-electron chi connectivity index (χ3n) is 4.42. The van der Waals surface area contributed by atoms with Gasteiger partial charge in [-0.2, -0.15) is 0 Å². The molecule has 0 bridgehead atoms. The van der Waals surface area contributed by atoms with Gasteiger partial charge in [0.15, 0.2) is 0 Å². The third kappa shape index (κ3) is 5.72. The molecular formula is C21H30NO+. The van der Waals surface area contributed by atoms with E-state index >= 15 is 0 Å². The first-order chi connectivity index (χ1) is 11.2. The number of quaternary nitrogens is 1. The number of hydrogen-bond acceptors (Lipinski definition) is 1. The van der Waals surface area contributed by atoms with E-state index in [1.165, 1.54) is 16.0 Å². The van der Waals surface area contributed by atoms with Crippen LogP contribution >= 0.6 is 0 Å². The molecule has 2 aromatic carbocycles. The van der Waals surface area contributed by atoms with Gasteiger partial charge in [0.05, 0.1) is 20.2 Å². The van der Waals surface area contributed by atoms with Crippen LogP contribution in [0, 0.1) is 0 Å². The van der Waals surface area contributed by atoms with Gasteiger partial charge in [0.2, 0.25) is 0 Å². The van der Waals surface area contributed by atoms with Crippen molar-refractivity contribution >= 4 is 0 Å². The standard InChI is InChI=1S/C21H29NO/c1-4-18(2)20-13-8-9-14-21(20)23-16-10-15-22(3)17-19-11-6-5-7-12-19/h5-9,11-14,18H,4,10,15-17H2,1-3H3/p+1/t18-/m1/s1. The molecular weight excluding hydrogens is 282 g/mol. The Morgan fingerprint density at radius 3 is 2.43 bits per heavy atom. The molecule has 2 aromatic rings. The van der Waals surface area contributed by atoms with Crippen LogP contribution in [0.4, 0.5) is 0 Å². The van der Waals surface area contributed by atoms with Crippen molar-refractivity contribution in [3.8, 4) is 5.75 Å². The predicted octanol–water partition coefficient (Wildman–Crippen LogP) is 3.68. The van der Waals surface area contributed by atoms with E-state index in [9.17, 15) is 0 Å². The van der Waals surface area contributed by atoms with Gasteiger partial charge in [0.25, 0.3) is 0 Å². The Morgan fingerprint density at radius 1 is 1.00 bits per heavy atom. The minimum absolute atomic E-state index is 0.553. The van der Waals surface area contributed by atoms with E-state index < -0.39 is 0 Å². The first-order valence-electron chi connectivity index (χ1n) is 8.77. The maximum absolute atomic E-state index is 6.05. The third-order valence-corrected chi connectivity index (χ3v) is 4.42. The quantitative estimate of drug-likeness (QED) is 0.697. The molecule has 0 aliphatic rings. The van der Waals surface area contributed by atoms with Gasteiger partial charge in [0, 0.05) is 12.0 Å². The second-order valence-electron chi connectivity index (χ2n) is 6.42. The summed E-state index contributed by atoms with van der Waals surface area (Å²) in [4.78, 5) is 1.52. The Bertz CT molecular complexity index is 567. The second-order valence-corrected chi connectivity index (χ2v) is 6.42. The monoisotopic (exact) mass is 312 g/mol. The number of hydrogen-bond donors (Lipinski definition) is 1. The zero-order chi connectivity index (χ0) is 16.5. The fraction of sp³-hybridized carbons (Fsp3) is 0.429. The van der Waals surface area contributed by atoms with Crippen molar-refractivity contribution in [2.24, 2.45) is 0 Å². The molecule has 0 fully saturated rings. The minimum Gasteiger partial charge on any atom is -0.493 e. The SMILES string of the molecule is CC[C@@H](C)c1ccccc1OCCC[NH+](C)Cc1ccccc1. The van der Waals surface area contributed by atoms with Gasteiger partial charge in [-0.05, 0) is 24.0 Å². The molecule has 0 saturated heterocycles. The lowest BCUT2D eigenvalue weighted by molar-refractivity contribution is -0.894. The summed E-state index contributed by atoms with van der Waals surface area (Å²) in [5, 5.41) is 0. The first kappa shape index (κ1) is 17.6. The molecule has 2 heteroatoms. The molecule has 0 saturated carbocycles. The van der Waals surface area contributed by atoms with Gasteiger partial charge >= 0.3 is 0 Å². The fourth-order valence-electron chi connectivity index (χ4n) is 2.83. The molecule has 0 aliphatic carbocycles. The highest BCUT2D eigenvalue weighted by Gasteiger charge is 2.09. The number of nitrogens with one attached hydrogen (secondary N) is 1. The van der Waals surface area contributed by atoms with Crippen molar-refractivity contribution < 1.29 is 9.64 Å². The summed E-state index contributed by atoms with van der Waals surface area (Å²) in [5.41, 5.74) is 2.73. The van der Waals surface area contributed by atoms with Crippen molar-refractivity contribution in [1.29, 1.82) is 0 Å². The summed E-state index contributed by atoms with van der Waals surface area (Å²) in [6.07, 6.45) is 2.22. The van der Waals surface area contributed by atoms with Crippen molar-refractivity contribution in [3.63, 3.8) is 0 Å². The van der Waals surface area contributed by atoms with Crippen LogP contribution in [0.3, 0.4) is 0 Å². The van der Waals surface area contributed by atoms with Crippen LogP contribution in [0.1, 0.15) is 43.7 Å². The summed E-state index contributed by atoms with van der Waals surface area (Å²) in [6.45, 7) is 7.48. The molecule has 0 amide bonds. The molecule has 0 heterocycles. The van der Waals surface area contributed by atoms with Crippen LogP contribution in [-0.4, -0.2) is 20.2 Å². The van der Waals surface area contributed by atoms with Crippen molar-refractivity contribution in [2.75, 3.05) is 20.2 Å². The predicted molar refractivity (Wildman–Crippen MR) is 97.2 cm³/mol. The molecule has 23 heavy (non-hydrogen) atoms. The van der Waals surface area contributed by atoms with Crippen LogP contribution in [0.25, 0.3) is 0 Å². The van der Waals surface area contributed by atoms with E-state index in [4.69, 9.17) is 4.74 Å². The Labute approximate surface area is 141 Å². The second kappa shape index (κ2) is 9.36. The lowest BCUT2D eigenvalue weighted by atomic mass is 9.98. The molecule has 1 unspecified atom stereocenters. The van der Waals surface area contributed by atoms with E-state index in [1.807, 2.05) is 0 Å². The van der Waals surface area contributed by atoms with E-state index in [1.54, 1.807) is 0 Å². The molecule has 0 spiro atoms. The highest BCUT2D eigenvalue weighted by Crippen LogP contribution is 2.28. The number of ether oxygens (including phenoxy) is 1. The Kier molecular flexibility index (Phi) is 7.15. The summed E-state index contributed by atoms with van der Waals surface area (Å²) in [6, 6.07) is 19.1. The lowest BCUT2D eigenvalue weighted by Crippen LogP contribution is -3.07. The highest BCUT2D eigenvalue weighted by atomic mass is 16.5. The molecule has 2 nitrogen and oxygen atoms in total. The van der Waals surface area contributed by atoms with E-state index in [0.717, 1.165) is 38.3 Å². The van der Waals surface area contributed by atoms with E-state index in [2.05, 4.69) is 75.5 Å². The molecule has 1 N–H and O–H groups in total.